The second kappa shape index (κ2) is 8.05. The van der Waals surface area contributed by atoms with Crippen LogP contribution in [0.3, 0.4) is 0 Å². The van der Waals surface area contributed by atoms with Crippen LogP contribution in [0.15, 0.2) is 45.6 Å². The highest BCUT2D eigenvalue weighted by Gasteiger charge is 2.07. The number of rotatable bonds is 8. The van der Waals surface area contributed by atoms with E-state index in [0.717, 1.165) is 16.9 Å². The normalized spacial score (nSPS) is 12.2. The molecule has 2 aromatic heterocycles. The lowest BCUT2D eigenvalue weighted by Crippen LogP contribution is -2.20. The van der Waals surface area contributed by atoms with Crippen molar-refractivity contribution in [1.29, 1.82) is 0 Å². The van der Waals surface area contributed by atoms with E-state index in [4.69, 9.17) is 9.26 Å². The zero-order valence-corrected chi connectivity index (χ0v) is 14.1. The van der Waals surface area contributed by atoms with E-state index >= 15 is 0 Å². The first-order valence-corrected chi connectivity index (χ1v) is 8.57. The first-order chi connectivity index (χ1) is 11.7. The summed E-state index contributed by atoms with van der Waals surface area (Å²) in [6.07, 6.45) is -0.475. The van der Waals surface area contributed by atoms with Gasteiger partial charge in [-0.3, -0.25) is 0 Å². The zero-order valence-electron chi connectivity index (χ0n) is 13.3. The lowest BCUT2D eigenvalue weighted by Gasteiger charge is -2.11. The molecule has 1 atom stereocenters. The van der Waals surface area contributed by atoms with E-state index < -0.39 is 6.10 Å². The summed E-state index contributed by atoms with van der Waals surface area (Å²) < 4.78 is 10.5. The van der Waals surface area contributed by atoms with Gasteiger partial charge in [-0.15, -0.1) is 0 Å². The summed E-state index contributed by atoms with van der Waals surface area (Å²) in [6.45, 7) is 3.23. The van der Waals surface area contributed by atoms with Crippen LogP contribution < -0.4 is 10.1 Å². The van der Waals surface area contributed by atoms with E-state index in [-0.39, 0.29) is 6.61 Å². The summed E-state index contributed by atoms with van der Waals surface area (Å²) in [4.78, 5) is 4.09. The Hall–Kier alpha value is -2.22. The van der Waals surface area contributed by atoms with E-state index in [2.05, 4.69) is 15.5 Å². The largest absolute Gasteiger partial charge is 0.485 e. The zero-order chi connectivity index (χ0) is 16.8. The standard InChI is InChI=1S/C17H19N3O3S/c1-12-19-17(20-23-12)10-22-15-4-2-13(3-5-15)8-18-9-16(21)14-6-7-24-11-14/h2-7,11,16,18,21H,8-10H2,1H3. The maximum atomic E-state index is 10.0. The molecule has 3 aromatic rings. The molecule has 1 unspecified atom stereocenters. The van der Waals surface area contributed by atoms with Gasteiger partial charge >= 0.3 is 0 Å². The fourth-order valence-corrected chi connectivity index (χ4v) is 2.89. The van der Waals surface area contributed by atoms with E-state index in [0.29, 0.717) is 24.8 Å². The second-order valence-electron chi connectivity index (χ2n) is 5.37. The number of aryl methyl sites for hydroxylation is 1. The molecule has 0 bridgehead atoms. The van der Waals surface area contributed by atoms with Crippen molar-refractivity contribution in [2.75, 3.05) is 6.54 Å². The molecule has 3 rings (SSSR count). The van der Waals surface area contributed by atoms with Gasteiger partial charge in [0.15, 0.2) is 6.61 Å². The second-order valence-corrected chi connectivity index (χ2v) is 6.15. The van der Waals surface area contributed by atoms with E-state index in [9.17, 15) is 5.11 Å². The van der Waals surface area contributed by atoms with Crippen molar-refractivity contribution in [2.24, 2.45) is 0 Å². The Morgan fingerprint density at radius 1 is 1.29 bits per heavy atom. The van der Waals surface area contributed by atoms with Crippen molar-refractivity contribution in [3.8, 4) is 5.75 Å². The Morgan fingerprint density at radius 3 is 2.79 bits per heavy atom. The van der Waals surface area contributed by atoms with Crippen LogP contribution in [-0.2, 0) is 13.2 Å². The highest BCUT2D eigenvalue weighted by Crippen LogP contribution is 2.16. The molecule has 2 N–H and O–H groups in total. The molecule has 0 saturated carbocycles. The Bertz CT molecular complexity index is 741. The van der Waals surface area contributed by atoms with Crippen LogP contribution in [0.5, 0.6) is 5.75 Å². The topological polar surface area (TPSA) is 80.4 Å². The Balaban J connectivity index is 1.42. The van der Waals surface area contributed by atoms with Crippen molar-refractivity contribution >= 4 is 11.3 Å². The third kappa shape index (κ3) is 4.64. The summed E-state index contributed by atoms with van der Waals surface area (Å²) in [6, 6.07) is 9.72. The van der Waals surface area contributed by atoms with Gasteiger partial charge in [-0.1, -0.05) is 17.3 Å². The third-order valence-electron chi connectivity index (χ3n) is 3.46. The van der Waals surface area contributed by atoms with Gasteiger partial charge in [0.1, 0.15) is 5.75 Å². The molecule has 0 aliphatic carbocycles. The monoisotopic (exact) mass is 345 g/mol. The van der Waals surface area contributed by atoms with Gasteiger partial charge in [0, 0.05) is 20.0 Å². The summed E-state index contributed by atoms with van der Waals surface area (Å²) in [5.74, 6) is 1.81. The molecule has 0 saturated heterocycles. The molecule has 7 heteroatoms. The van der Waals surface area contributed by atoms with Crippen molar-refractivity contribution in [3.05, 3.63) is 63.9 Å². The van der Waals surface area contributed by atoms with Gasteiger partial charge in [-0.05, 0) is 40.1 Å². The van der Waals surface area contributed by atoms with Crippen molar-refractivity contribution < 1.29 is 14.4 Å². The van der Waals surface area contributed by atoms with Crippen LogP contribution in [0.2, 0.25) is 0 Å². The smallest absolute Gasteiger partial charge is 0.223 e. The quantitative estimate of drug-likeness (QED) is 0.653. The fourth-order valence-electron chi connectivity index (χ4n) is 2.19. The first-order valence-electron chi connectivity index (χ1n) is 7.62. The first kappa shape index (κ1) is 16.6. The van der Waals surface area contributed by atoms with Gasteiger partial charge in [0.25, 0.3) is 0 Å². The van der Waals surface area contributed by atoms with Crippen LogP contribution in [0, 0.1) is 6.92 Å². The number of benzene rings is 1. The number of hydrogen-bond donors (Lipinski definition) is 2. The molecule has 24 heavy (non-hydrogen) atoms. The average molecular weight is 345 g/mol. The van der Waals surface area contributed by atoms with Crippen LogP contribution in [0.25, 0.3) is 0 Å². The van der Waals surface area contributed by atoms with Gasteiger partial charge in [-0.25, -0.2) is 0 Å². The SMILES string of the molecule is Cc1nc(COc2ccc(CNCC(O)c3ccsc3)cc2)no1. The van der Waals surface area contributed by atoms with E-state index in [1.165, 1.54) is 0 Å². The van der Waals surface area contributed by atoms with Gasteiger partial charge in [0.05, 0.1) is 6.10 Å². The number of thiophene rings is 1. The molecule has 2 heterocycles. The number of aliphatic hydroxyl groups is 1. The third-order valence-corrected chi connectivity index (χ3v) is 4.16. The Kier molecular flexibility index (Phi) is 5.58. The number of aromatic nitrogens is 2. The van der Waals surface area contributed by atoms with E-state index in [1.54, 1.807) is 18.3 Å². The molecular formula is C17H19N3O3S. The predicted octanol–water partition coefficient (Wildman–Crippen LogP) is 2.84. The van der Waals surface area contributed by atoms with E-state index in [1.807, 2.05) is 41.1 Å². The number of aliphatic hydroxyl groups excluding tert-OH is 1. The van der Waals surface area contributed by atoms with Gasteiger partial charge < -0.3 is 19.7 Å². The molecule has 0 amide bonds. The van der Waals surface area contributed by atoms with Crippen molar-refractivity contribution in [1.82, 2.24) is 15.5 Å². The molecular weight excluding hydrogens is 326 g/mol. The number of nitrogens with one attached hydrogen (secondary N) is 1. The molecule has 0 aliphatic heterocycles. The summed E-state index contributed by atoms with van der Waals surface area (Å²) >= 11 is 1.59. The Labute approximate surface area is 144 Å². The highest BCUT2D eigenvalue weighted by molar-refractivity contribution is 7.07. The predicted molar refractivity (Wildman–Crippen MR) is 90.8 cm³/mol. The highest BCUT2D eigenvalue weighted by atomic mass is 32.1. The average Bonchev–Trinajstić information content (AvgIpc) is 3.26. The van der Waals surface area contributed by atoms with Crippen molar-refractivity contribution in [2.45, 2.75) is 26.2 Å². The summed E-state index contributed by atoms with van der Waals surface area (Å²) in [5.41, 5.74) is 2.07. The van der Waals surface area contributed by atoms with Crippen molar-refractivity contribution in [3.63, 3.8) is 0 Å². The number of ether oxygens (including phenoxy) is 1. The van der Waals surface area contributed by atoms with Crippen LogP contribution in [-0.4, -0.2) is 21.8 Å². The molecule has 0 radical (unpaired) electrons. The maximum Gasteiger partial charge on any atom is 0.223 e. The van der Waals surface area contributed by atoms with Gasteiger partial charge in [0.2, 0.25) is 11.7 Å². The molecule has 1 aromatic carbocycles. The molecule has 0 aliphatic rings. The lowest BCUT2D eigenvalue weighted by atomic mass is 10.2. The minimum atomic E-state index is -0.475. The lowest BCUT2D eigenvalue weighted by molar-refractivity contribution is 0.175. The molecule has 0 spiro atoms. The van der Waals surface area contributed by atoms with Crippen LogP contribution in [0.4, 0.5) is 0 Å². The van der Waals surface area contributed by atoms with Crippen LogP contribution in [0.1, 0.15) is 28.9 Å². The van der Waals surface area contributed by atoms with Crippen LogP contribution >= 0.6 is 11.3 Å². The summed E-state index contributed by atoms with van der Waals surface area (Å²) in [7, 11) is 0. The minimum Gasteiger partial charge on any atom is -0.485 e. The summed E-state index contributed by atoms with van der Waals surface area (Å²) in [5, 5.41) is 21.0. The number of nitrogens with zero attached hydrogens (tertiary/aromatic N) is 2. The fraction of sp³-hybridized carbons (Fsp3) is 0.294. The van der Waals surface area contributed by atoms with Gasteiger partial charge in [-0.2, -0.15) is 16.3 Å². The minimum absolute atomic E-state index is 0.280. The molecule has 6 nitrogen and oxygen atoms in total. The molecule has 126 valence electrons. The Morgan fingerprint density at radius 2 is 2.12 bits per heavy atom. The maximum absolute atomic E-state index is 10.0. The number of hydrogen-bond acceptors (Lipinski definition) is 7. The molecule has 0 fully saturated rings.